The van der Waals surface area contributed by atoms with Gasteiger partial charge in [-0.15, -0.1) is 0 Å². The van der Waals surface area contributed by atoms with Gasteiger partial charge in [0.1, 0.15) is 12.6 Å². The minimum atomic E-state index is -1.03. The molecule has 1 fully saturated rings. The summed E-state index contributed by atoms with van der Waals surface area (Å²) in [5, 5.41) is 15.1. The third-order valence-electron chi connectivity index (χ3n) is 7.45. The lowest BCUT2D eigenvalue weighted by molar-refractivity contribution is -0.143. The topological polar surface area (TPSA) is 105 Å². The van der Waals surface area contributed by atoms with Gasteiger partial charge < -0.3 is 20.5 Å². The summed E-state index contributed by atoms with van der Waals surface area (Å²) < 4.78 is 5.64. The van der Waals surface area contributed by atoms with Crippen LogP contribution >= 0.6 is 0 Å². The van der Waals surface area contributed by atoms with E-state index in [2.05, 4.69) is 34.9 Å². The Kier molecular flexibility index (Phi) is 7.73. The number of aliphatic carboxylic acids is 1. The van der Waals surface area contributed by atoms with Gasteiger partial charge in [0.05, 0.1) is 5.92 Å². The van der Waals surface area contributed by atoms with E-state index in [1.54, 1.807) is 0 Å². The predicted octanol–water partition coefficient (Wildman–Crippen LogP) is 4.70. The molecule has 0 aromatic heterocycles. The van der Waals surface area contributed by atoms with Crippen LogP contribution in [-0.4, -0.2) is 41.8 Å². The average molecular weight is 479 g/mol. The van der Waals surface area contributed by atoms with Crippen LogP contribution in [0, 0.1) is 11.8 Å². The maximum Gasteiger partial charge on any atom is 0.407 e. The highest BCUT2D eigenvalue weighted by Gasteiger charge is 2.37. The first kappa shape index (κ1) is 24.8. The quantitative estimate of drug-likeness (QED) is 0.485. The van der Waals surface area contributed by atoms with Crippen LogP contribution in [0.4, 0.5) is 4.79 Å². The van der Waals surface area contributed by atoms with Crippen LogP contribution in [0.3, 0.4) is 0 Å². The largest absolute Gasteiger partial charge is 0.480 e. The zero-order valence-electron chi connectivity index (χ0n) is 20.3. The third-order valence-corrected chi connectivity index (χ3v) is 7.45. The summed E-state index contributed by atoms with van der Waals surface area (Å²) in [6.07, 6.45) is 2.73. The van der Waals surface area contributed by atoms with Crippen molar-refractivity contribution in [2.45, 2.75) is 64.0 Å². The van der Waals surface area contributed by atoms with Crippen LogP contribution in [0.2, 0.25) is 0 Å². The van der Waals surface area contributed by atoms with Crippen molar-refractivity contribution >= 4 is 18.0 Å². The van der Waals surface area contributed by atoms with Crippen molar-refractivity contribution in [3.05, 3.63) is 59.7 Å². The second-order valence-corrected chi connectivity index (χ2v) is 9.76. The SMILES string of the molecule is CCC(C)CC(NC(=O)[C@@H]1CCC[C@@H]1NC(=O)OCC1c2ccccc2-c2ccccc21)C(=O)O. The third kappa shape index (κ3) is 5.50. The molecule has 35 heavy (non-hydrogen) atoms. The van der Waals surface area contributed by atoms with Crippen LogP contribution in [0.5, 0.6) is 0 Å². The smallest absolute Gasteiger partial charge is 0.407 e. The summed E-state index contributed by atoms with van der Waals surface area (Å²) >= 11 is 0. The van der Waals surface area contributed by atoms with Crippen LogP contribution in [0.1, 0.15) is 63.0 Å². The Morgan fingerprint density at radius 1 is 1.03 bits per heavy atom. The molecule has 2 aliphatic carbocycles. The molecular weight excluding hydrogens is 444 g/mol. The fraction of sp³-hybridized carbons (Fsp3) is 0.464. The number of nitrogens with one attached hydrogen (secondary N) is 2. The van der Waals surface area contributed by atoms with Crippen LogP contribution in [0.25, 0.3) is 11.1 Å². The van der Waals surface area contributed by atoms with Gasteiger partial charge in [0.25, 0.3) is 0 Å². The highest BCUT2D eigenvalue weighted by atomic mass is 16.5. The van der Waals surface area contributed by atoms with E-state index in [1.807, 2.05) is 38.1 Å². The lowest BCUT2D eigenvalue weighted by atomic mass is 9.97. The zero-order chi connectivity index (χ0) is 24.9. The van der Waals surface area contributed by atoms with Gasteiger partial charge in [-0.1, -0.05) is 75.2 Å². The van der Waals surface area contributed by atoms with Gasteiger partial charge >= 0.3 is 12.1 Å². The van der Waals surface area contributed by atoms with Gasteiger partial charge in [-0.05, 0) is 47.4 Å². The first-order valence-corrected chi connectivity index (χ1v) is 12.5. The van der Waals surface area contributed by atoms with Crippen molar-refractivity contribution in [2.24, 2.45) is 11.8 Å². The zero-order valence-corrected chi connectivity index (χ0v) is 20.3. The molecule has 0 spiro atoms. The van der Waals surface area contributed by atoms with Crippen molar-refractivity contribution in [1.82, 2.24) is 10.6 Å². The van der Waals surface area contributed by atoms with Crippen molar-refractivity contribution in [3.8, 4) is 11.1 Å². The Morgan fingerprint density at radius 3 is 2.26 bits per heavy atom. The highest BCUT2D eigenvalue weighted by Crippen LogP contribution is 2.44. The molecule has 4 atom stereocenters. The minimum absolute atomic E-state index is 0.0345. The normalized spacial score (nSPS) is 20.4. The van der Waals surface area contributed by atoms with Crippen LogP contribution in [-0.2, 0) is 14.3 Å². The number of fused-ring (bicyclic) bond motifs is 3. The Labute approximate surface area is 206 Å². The molecule has 4 rings (SSSR count). The van der Waals surface area contributed by atoms with Gasteiger partial charge in [-0.25, -0.2) is 9.59 Å². The van der Waals surface area contributed by atoms with Crippen molar-refractivity contribution < 1.29 is 24.2 Å². The van der Waals surface area contributed by atoms with E-state index in [0.717, 1.165) is 35.1 Å². The van der Waals surface area contributed by atoms with E-state index in [4.69, 9.17) is 4.74 Å². The Balaban J connectivity index is 1.35. The number of carbonyl (C=O) groups excluding carboxylic acids is 2. The van der Waals surface area contributed by atoms with Gasteiger partial charge in [-0.2, -0.15) is 0 Å². The molecule has 2 aromatic rings. The lowest BCUT2D eigenvalue weighted by Crippen LogP contribution is -2.49. The number of carboxylic acids is 1. The number of hydrogen-bond acceptors (Lipinski definition) is 4. The molecule has 2 aliphatic rings. The molecule has 7 heteroatoms. The fourth-order valence-corrected chi connectivity index (χ4v) is 5.31. The summed E-state index contributed by atoms with van der Waals surface area (Å²) in [6.45, 7) is 4.18. The molecule has 2 amide bonds. The van der Waals surface area contributed by atoms with Gasteiger partial charge in [-0.3, -0.25) is 4.79 Å². The maximum absolute atomic E-state index is 12.9. The van der Waals surface area contributed by atoms with E-state index < -0.39 is 24.0 Å². The second kappa shape index (κ2) is 10.9. The van der Waals surface area contributed by atoms with Gasteiger partial charge in [0, 0.05) is 12.0 Å². The van der Waals surface area contributed by atoms with Crippen molar-refractivity contribution in [3.63, 3.8) is 0 Å². The molecular formula is C28H34N2O5. The first-order chi connectivity index (χ1) is 16.9. The highest BCUT2D eigenvalue weighted by molar-refractivity contribution is 5.86. The molecule has 186 valence electrons. The van der Waals surface area contributed by atoms with Crippen LogP contribution < -0.4 is 10.6 Å². The number of carbonyl (C=O) groups is 3. The van der Waals surface area contributed by atoms with Crippen molar-refractivity contribution in [1.29, 1.82) is 0 Å². The van der Waals surface area contributed by atoms with Crippen LogP contribution in [0.15, 0.2) is 48.5 Å². The molecule has 1 saturated carbocycles. The van der Waals surface area contributed by atoms with E-state index in [-0.39, 0.29) is 30.4 Å². The van der Waals surface area contributed by atoms with Crippen molar-refractivity contribution in [2.75, 3.05) is 6.61 Å². The number of alkyl carbamates (subject to hydrolysis) is 1. The number of benzene rings is 2. The molecule has 0 saturated heterocycles. The average Bonchev–Trinajstić information content (AvgIpc) is 3.44. The number of ether oxygens (including phenoxy) is 1. The van der Waals surface area contributed by atoms with E-state index in [9.17, 15) is 19.5 Å². The summed E-state index contributed by atoms with van der Waals surface area (Å²) in [7, 11) is 0. The molecule has 2 unspecified atom stereocenters. The summed E-state index contributed by atoms with van der Waals surface area (Å²) in [4.78, 5) is 37.2. The second-order valence-electron chi connectivity index (χ2n) is 9.76. The molecule has 0 aliphatic heterocycles. The number of rotatable bonds is 9. The Hall–Kier alpha value is -3.35. The van der Waals surface area contributed by atoms with Gasteiger partial charge in [0.15, 0.2) is 0 Å². The first-order valence-electron chi connectivity index (χ1n) is 12.5. The summed E-state index contributed by atoms with van der Waals surface area (Å²) in [5.41, 5.74) is 4.60. The summed E-state index contributed by atoms with van der Waals surface area (Å²) in [6, 6.07) is 15.0. The molecule has 0 bridgehead atoms. The number of carboxylic acid groups (broad SMARTS) is 1. The predicted molar refractivity (Wildman–Crippen MR) is 133 cm³/mol. The number of hydrogen-bond donors (Lipinski definition) is 3. The minimum Gasteiger partial charge on any atom is -0.480 e. The molecule has 0 heterocycles. The Bertz CT molecular complexity index is 1040. The lowest BCUT2D eigenvalue weighted by Gasteiger charge is -2.24. The van der Waals surface area contributed by atoms with Gasteiger partial charge in [0.2, 0.25) is 5.91 Å². The summed E-state index contributed by atoms with van der Waals surface area (Å²) in [5.74, 6) is -1.66. The van der Waals surface area contributed by atoms with E-state index in [0.29, 0.717) is 19.3 Å². The monoisotopic (exact) mass is 478 g/mol. The molecule has 3 N–H and O–H groups in total. The van der Waals surface area contributed by atoms with E-state index >= 15 is 0 Å². The maximum atomic E-state index is 12.9. The number of amides is 2. The molecule has 7 nitrogen and oxygen atoms in total. The van der Waals surface area contributed by atoms with E-state index in [1.165, 1.54) is 0 Å². The molecule has 2 aromatic carbocycles. The molecule has 0 radical (unpaired) electrons. The Morgan fingerprint density at radius 2 is 1.66 bits per heavy atom. The fourth-order valence-electron chi connectivity index (χ4n) is 5.31. The standard InChI is InChI=1S/C28H34N2O5/c1-3-17(2)15-25(27(32)33)29-26(31)22-13-8-14-24(22)30-28(34)35-16-23-20-11-6-4-9-18(20)19-10-5-7-12-21(19)23/h4-7,9-12,17,22-25H,3,8,13-16H2,1-2H3,(H,29,31)(H,30,34)(H,32,33)/t17?,22-,24+,25?/m1/s1.